The highest BCUT2D eigenvalue weighted by Gasteiger charge is 2.20. The number of hydrogen-bond acceptors (Lipinski definition) is 3. The molecule has 17 heavy (non-hydrogen) atoms. The van der Waals surface area contributed by atoms with Gasteiger partial charge in [-0.15, -0.1) is 0 Å². The lowest BCUT2D eigenvalue weighted by molar-refractivity contribution is 0.126. The van der Waals surface area contributed by atoms with Crippen molar-refractivity contribution in [1.29, 1.82) is 0 Å². The van der Waals surface area contributed by atoms with Gasteiger partial charge in [0.15, 0.2) is 0 Å². The number of rotatable bonds is 3. The SMILES string of the molecule is Cc1ccccc1CN1CCCNCC1CO. The molecule has 94 valence electrons. The second-order valence-electron chi connectivity index (χ2n) is 4.79. The summed E-state index contributed by atoms with van der Waals surface area (Å²) in [4.78, 5) is 2.39. The molecule has 0 aliphatic carbocycles. The summed E-state index contributed by atoms with van der Waals surface area (Å²) in [6, 6.07) is 8.75. The summed E-state index contributed by atoms with van der Waals surface area (Å²) in [6.45, 7) is 6.34. The van der Waals surface area contributed by atoms with E-state index in [1.807, 2.05) is 0 Å². The number of nitrogens with one attached hydrogen (secondary N) is 1. The number of benzene rings is 1. The van der Waals surface area contributed by atoms with Crippen LogP contribution < -0.4 is 5.32 Å². The van der Waals surface area contributed by atoms with Gasteiger partial charge in [-0.1, -0.05) is 24.3 Å². The Morgan fingerprint density at radius 1 is 1.41 bits per heavy atom. The van der Waals surface area contributed by atoms with Crippen molar-refractivity contribution >= 4 is 0 Å². The van der Waals surface area contributed by atoms with E-state index >= 15 is 0 Å². The fourth-order valence-corrected chi connectivity index (χ4v) is 2.38. The molecule has 1 saturated heterocycles. The summed E-state index contributed by atoms with van der Waals surface area (Å²) in [7, 11) is 0. The van der Waals surface area contributed by atoms with E-state index in [9.17, 15) is 5.11 Å². The van der Waals surface area contributed by atoms with Gasteiger partial charge in [0.1, 0.15) is 0 Å². The molecule has 2 rings (SSSR count). The number of aryl methyl sites for hydroxylation is 1. The molecule has 3 heteroatoms. The molecule has 0 amide bonds. The number of aliphatic hydroxyl groups is 1. The Morgan fingerprint density at radius 3 is 3.00 bits per heavy atom. The van der Waals surface area contributed by atoms with Gasteiger partial charge in [0.25, 0.3) is 0 Å². The molecule has 0 spiro atoms. The second-order valence-corrected chi connectivity index (χ2v) is 4.79. The Hall–Kier alpha value is -0.900. The summed E-state index contributed by atoms with van der Waals surface area (Å²) in [6.07, 6.45) is 1.16. The Kier molecular flexibility index (Phi) is 4.54. The first-order valence-corrected chi connectivity index (χ1v) is 6.41. The van der Waals surface area contributed by atoms with Crippen LogP contribution in [0.4, 0.5) is 0 Å². The number of hydrogen-bond donors (Lipinski definition) is 2. The highest BCUT2D eigenvalue weighted by Crippen LogP contribution is 2.14. The van der Waals surface area contributed by atoms with Gasteiger partial charge in [0, 0.05) is 25.7 Å². The molecule has 1 aliphatic rings. The predicted molar refractivity (Wildman–Crippen MR) is 69.9 cm³/mol. The van der Waals surface area contributed by atoms with Crippen molar-refractivity contribution in [2.24, 2.45) is 0 Å². The second kappa shape index (κ2) is 6.15. The van der Waals surface area contributed by atoms with Crippen molar-refractivity contribution in [3.8, 4) is 0 Å². The van der Waals surface area contributed by atoms with Gasteiger partial charge >= 0.3 is 0 Å². The Bertz CT molecular complexity index is 354. The molecule has 0 bridgehead atoms. The van der Waals surface area contributed by atoms with Gasteiger partial charge in [0.05, 0.1) is 6.61 Å². The van der Waals surface area contributed by atoms with E-state index in [1.165, 1.54) is 11.1 Å². The molecule has 1 aromatic rings. The first-order valence-electron chi connectivity index (χ1n) is 6.41. The average molecular weight is 234 g/mol. The summed E-state index contributed by atoms with van der Waals surface area (Å²) < 4.78 is 0. The summed E-state index contributed by atoms with van der Waals surface area (Å²) in [5, 5.41) is 12.8. The molecule has 3 nitrogen and oxygen atoms in total. The summed E-state index contributed by atoms with van der Waals surface area (Å²) >= 11 is 0. The van der Waals surface area contributed by atoms with E-state index in [4.69, 9.17) is 0 Å². The highest BCUT2D eigenvalue weighted by atomic mass is 16.3. The topological polar surface area (TPSA) is 35.5 Å². The van der Waals surface area contributed by atoms with E-state index in [0.29, 0.717) is 0 Å². The van der Waals surface area contributed by atoms with E-state index < -0.39 is 0 Å². The molecule has 1 atom stereocenters. The molecule has 1 heterocycles. The molecular formula is C14H22N2O. The minimum Gasteiger partial charge on any atom is -0.395 e. The first kappa shape index (κ1) is 12.6. The maximum absolute atomic E-state index is 9.45. The standard InChI is InChI=1S/C14H22N2O/c1-12-5-2-3-6-13(12)10-16-8-4-7-15-9-14(16)11-17/h2-3,5-6,14-15,17H,4,7-11H2,1H3. The molecule has 0 saturated carbocycles. The summed E-state index contributed by atoms with van der Waals surface area (Å²) in [5.74, 6) is 0. The number of aliphatic hydroxyl groups excluding tert-OH is 1. The van der Waals surface area contributed by atoms with Crippen LogP contribution >= 0.6 is 0 Å². The maximum atomic E-state index is 9.45. The molecule has 0 radical (unpaired) electrons. The van der Waals surface area contributed by atoms with E-state index in [-0.39, 0.29) is 12.6 Å². The zero-order valence-corrected chi connectivity index (χ0v) is 10.5. The quantitative estimate of drug-likeness (QED) is 0.823. The zero-order valence-electron chi connectivity index (χ0n) is 10.5. The molecule has 1 aliphatic heterocycles. The van der Waals surface area contributed by atoms with Crippen LogP contribution in [0.5, 0.6) is 0 Å². The number of nitrogens with zero attached hydrogens (tertiary/aromatic N) is 1. The van der Waals surface area contributed by atoms with Gasteiger partial charge in [-0.05, 0) is 31.0 Å². The van der Waals surface area contributed by atoms with E-state index in [0.717, 1.165) is 32.6 Å². The minimum atomic E-state index is 0.235. The lowest BCUT2D eigenvalue weighted by Crippen LogP contribution is -2.41. The fraction of sp³-hybridized carbons (Fsp3) is 0.571. The van der Waals surface area contributed by atoms with Crippen molar-refractivity contribution in [2.45, 2.75) is 25.9 Å². The van der Waals surface area contributed by atoms with Crippen molar-refractivity contribution in [3.63, 3.8) is 0 Å². The van der Waals surface area contributed by atoms with Crippen LogP contribution in [0.1, 0.15) is 17.5 Å². The lowest BCUT2D eigenvalue weighted by Gasteiger charge is -2.28. The molecule has 0 aromatic heterocycles. The van der Waals surface area contributed by atoms with Crippen LogP contribution in [0.25, 0.3) is 0 Å². The van der Waals surface area contributed by atoms with Crippen LogP contribution in [0, 0.1) is 6.92 Å². The van der Waals surface area contributed by atoms with Gasteiger partial charge in [-0.25, -0.2) is 0 Å². The van der Waals surface area contributed by atoms with Gasteiger partial charge in [0.2, 0.25) is 0 Å². The smallest absolute Gasteiger partial charge is 0.0599 e. The van der Waals surface area contributed by atoms with Crippen LogP contribution in [-0.2, 0) is 6.54 Å². The lowest BCUT2D eigenvalue weighted by atomic mass is 10.1. The largest absolute Gasteiger partial charge is 0.395 e. The Morgan fingerprint density at radius 2 is 2.24 bits per heavy atom. The third-order valence-corrected chi connectivity index (χ3v) is 3.54. The van der Waals surface area contributed by atoms with Crippen LogP contribution in [-0.4, -0.2) is 42.3 Å². The Balaban J connectivity index is 2.07. The molecule has 2 N–H and O–H groups in total. The minimum absolute atomic E-state index is 0.235. The first-order chi connectivity index (χ1) is 8.31. The monoisotopic (exact) mass is 234 g/mol. The molecule has 1 aromatic carbocycles. The van der Waals surface area contributed by atoms with Gasteiger partial charge in [-0.3, -0.25) is 4.90 Å². The maximum Gasteiger partial charge on any atom is 0.0599 e. The predicted octanol–water partition coefficient (Wildman–Crippen LogP) is 1.15. The summed E-state index contributed by atoms with van der Waals surface area (Å²) in [5.41, 5.74) is 2.70. The fourth-order valence-electron chi connectivity index (χ4n) is 2.38. The molecular weight excluding hydrogens is 212 g/mol. The molecule has 1 fully saturated rings. The van der Waals surface area contributed by atoms with E-state index in [2.05, 4.69) is 41.4 Å². The van der Waals surface area contributed by atoms with Crippen molar-refractivity contribution in [2.75, 3.05) is 26.2 Å². The highest BCUT2D eigenvalue weighted by molar-refractivity contribution is 5.25. The normalized spacial score (nSPS) is 22.4. The van der Waals surface area contributed by atoms with Crippen molar-refractivity contribution in [1.82, 2.24) is 10.2 Å². The molecule has 1 unspecified atom stereocenters. The van der Waals surface area contributed by atoms with Gasteiger partial charge < -0.3 is 10.4 Å². The van der Waals surface area contributed by atoms with Crippen molar-refractivity contribution < 1.29 is 5.11 Å². The van der Waals surface area contributed by atoms with Crippen LogP contribution in [0.15, 0.2) is 24.3 Å². The average Bonchev–Trinajstić information content (AvgIpc) is 2.57. The van der Waals surface area contributed by atoms with Crippen LogP contribution in [0.2, 0.25) is 0 Å². The zero-order chi connectivity index (χ0) is 12.1. The van der Waals surface area contributed by atoms with Crippen LogP contribution in [0.3, 0.4) is 0 Å². The van der Waals surface area contributed by atoms with E-state index in [1.54, 1.807) is 0 Å². The third kappa shape index (κ3) is 3.28. The van der Waals surface area contributed by atoms with Gasteiger partial charge in [-0.2, -0.15) is 0 Å². The van der Waals surface area contributed by atoms with Crippen molar-refractivity contribution in [3.05, 3.63) is 35.4 Å². The third-order valence-electron chi connectivity index (χ3n) is 3.54. The Labute approximate surface area is 103 Å².